The minimum Gasteiger partial charge on any atom is -0.357 e. The van der Waals surface area contributed by atoms with E-state index in [1.807, 2.05) is 0 Å². The minimum atomic E-state index is -0.640. The maximum atomic E-state index is 11.6. The molecule has 1 unspecified atom stereocenters. The Balaban J connectivity index is 2.69. The van der Waals surface area contributed by atoms with E-state index >= 15 is 0 Å². The summed E-state index contributed by atoms with van der Waals surface area (Å²) in [6, 6.07) is -0.640. The number of halogens is 1. The maximum absolute atomic E-state index is 11.6. The molecule has 0 saturated carbocycles. The molecular formula is C9H11ClN4O2. The molecular weight excluding hydrogens is 232 g/mol. The highest BCUT2D eigenvalue weighted by molar-refractivity contribution is 6.29. The lowest BCUT2D eigenvalue weighted by atomic mass is 10.3. The molecule has 1 rings (SSSR count). The van der Waals surface area contributed by atoms with Gasteiger partial charge in [0.25, 0.3) is 5.91 Å². The molecule has 0 spiro atoms. The fourth-order valence-electron chi connectivity index (χ4n) is 1.00. The second-order valence-corrected chi connectivity index (χ2v) is 3.42. The van der Waals surface area contributed by atoms with Crippen molar-refractivity contribution < 1.29 is 9.59 Å². The summed E-state index contributed by atoms with van der Waals surface area (Å²) < 4.78 is 0. The predicted octanol–water partition coefficient (Wildman–Crippen LogP) is -0.00570. The molecule has 0 radical (unpaired) electrons. The van der Waals surface area contributed by atoms with Crippen LogP contribution in [0, 0.1) is 0 Å². The van der Waals surface area contributed by atoms with Gasteiger partial charge in [0.15, 0.2) is 0 Å². The first-order chi connectivity index (χ1) is 7.54. The van der Waals surface area contributed by atoms with Gasteiger partial charge >= 0.3 is 0 Å². The molecule has 1 heterocycles. The summed E-state index contributed by atoms with van der Waals surface area (Å²) >= 11 is 5.58. The largest absolute Gasteiger partial charge is 0.357 e. The Labute approximate surface area is 97.4 Å². The Bertz CT molecular complexity index is 410. The standard InChI is InChI=1S/C9H11ClN4O2/c1-5(8(15)11-2)13-9(16)6-3-12-4-7(10)14-6/h3-5H,1-2H3,(H,11,15)(H,13,16). The van der Waals surface area contributed by atoms with Crippen LogP contribution < -0.4 is 10.6 Å². The Morgan fingerprint density at radius 2 is 2.12 bits per heavy atom. The van der Waals surface area contributed by atoms with Crippen molar-refractivity contribution in [3.8, 4) is 0 Å². The summed E-state index contributed by atoms with van der Waals surface area (Å²) in [7, 11) is 1.49. The van der Waals surface area contributed by atoms with Crippen molar-refractivity contribution in [1.82, 2.24) is 20.6 Å². The van der Waals surface area contributed by atoms with E-state index in [1.165, 1.54) is 19.4 Å². The van der Waals surface area contributed by atoms with Crippen molar-refractivity contribution in [2.24, 2.45) is 0 Å². The topological polar surface area (TPSA) is 84.0 Å². The summed E-state index contributed by atoms with van der Waals surface area (Å²) in [6.07, 6.45) is 2.60. The number of hydrogen-bond donors (Lipinski definition) is 2. The monoisotopic (exact) mass is 242 g/mol. The molecule has 0 saturated heterocycles. The summed E-state index contributed by atoms with van der Waals surface area (Å²) in [5, 5.41) is 5.00. The third kappa shape index (κ3) is 3.16. The van der Waals surface area contributed by atoms with Gasteiger partial charge in [0.1, 0.15) is 16.9 Å². The Morgan fingerprint density at radius 1 is 1.44 bits per heavy atom. The molecule has 1 aromatic heterocycles. The number of likely N-dealkylation sites (N-methyl/N-ethyl adjacent to an activating group) is 1. The summed E-state index contributed by atoms with van der Waals surface area (Å²) in [5.41, 5.74) is 0.0725. The second-order valence-electron chi connectivity index (χ2n) is 3.04. The smallest absolute Gasteiger partial charge is 0.272 e. The molecule has 16 heavy (non-hydrogen) atoms. The Morgan fingerprint density at radius 3 is 2.69 bits per heavy atom. The summed E-state index contributed by atoms with van der Waals surface area (Å²) in [4.78, 5) is 30.2. The highest BCUT2D eigenvalue weighted by Gasteiger charge is 2.16. The lowest BCUT2D eigenvalue weighted by molar-refractivity contribution is -0.122. The summed E-state index contributed by atoms with van der Waals surface area (Å²) in [5.74, 6) is -0.783. The van der Waals surface area contributed by atoms with Crippen molar-refractivity contribution in [3.63, 3.8) is 0 Å². The van der Waals surface area contributed by atoms with E-state index in [1.54, 1.807) is 6.92 Å². The van der Waals surface area contributed by atoms with Crippen LogP contribution in [0.25, 0.3) is 0 Å². The van der Waals surface area contributed by atoms with Gasteiger partial charge in [-0.05, 0) is 6.92 Å². The fourth-order valence-corrected chi connectivity index (χ4v) is 1.15. The third-order valence-corrected chi connectivity index (χ3v) is 2.01. The lowest BCUT2D eigenvalue weighted by Gasteiger charge is -2.11. The van der Waals surface area contributed by atoms with Crippen LogP contribution in [0.4, 0.5) is 0 Å². The molecule has 0 aliphatic carbocycles. The number of hydrogen-bond acceptors (Lipinski definition) is 4. The van der Waals surface area contributed by atoms with E-state index in [0.29, 0.717) is 0 Å². The molecule has 1 aromatic rings. The number of amides is 2. The van der Waals surface area contributed by atoms with Crippen molar-refractivity contribution >= 4 is 23.4 Å². The molecule has 86 valence electrons. The Hall–Kier alpha value is -1.69. The van der Waals surface area contributed by atoms with Gasteiger partial charge in [-0.25, -0.2) is 4.98 Å². The van der Waals surface area contributed by atoms with E-state index in [0.717, 1.165) is 0 Å². The van der Waals surface area contributed by atoms with Gasteiger partial charge in [-0.2, -0.15) is 0 Å². The Kier molecular flexibility index (Phi) is 4.19. The number of nitrogens with zero attached hydrogens (tertiary/aromatic N) is 2. The van der Waals surface area contributed by atoms with E-state index < -0.39 is 11.9 Å². The average Bonchev–Trinajstić information content (AvgIpc) is 2.27. The van der Waals surface area contributed by atoms with Gasteiger partial charge in [-0.3, -0.25) is 14.6 Å². The van der Waals surface area contributed by atoms with Crippen LogP contribution in [0.15, 0.2) is 12.4 Å². The van der Waals surface area contributed by atoms with Crippen LogP contribution >= 0.6 is 11.6 Å². The molecule has 7 heteroatoms. The van der Waals surface area contributed by atoms with Crippen LogP contribution in [-0.4, -0.2) is 34.9 Å². The van der Waals surface area contributed by atoms with Gasteiger partial charge in [-0.15, -0.1) is 0 Å². The molecule has 0 bridgehead atoms. The molecule has 0 aliphatic heterocycles. The zero-order valence-corrected chi connectivity index (χ0v) is 9.58. The van der Waals surface area contributed by atoms with Gasteiger partial charge in [0, 0.05) is 7.05 Å². The molecule has 2 amide bonds. The van der Waals surface area contributed by atoms with E-state index in [-0.39, 0.29) is 16.8 Å². The number of carbonyl (C=O) groups excluding carboxylic acids is 2. The first-order valence-corrected chi connectivity index (χ1v) is 4.92. The number of aromatic nitrogens is 2. The first-order valence-electron chi connectivity index (χ1n) is 4.54. The zero-order chi connectivity index (χ0) is 12.1. The van der Waals surface area contributed by atoms with Crippen LogP contribution in [0.3, 0.4) is 0 Å². The van der Waals surface area contributed by atoms with Crippen LogP contribution in [0.1, 0.15) is 17.4 Å². The van der Waals surface area contributed by atoms with Crippen molar-refractivity contribution in [3.05, 3.63) is 23.2 Å². The normalized spacial score (nSPS) is 11.7. The van der Waals surface area contributed by atoms with Crippen LogP contribution in [0.2, 0.25) is 5.15 Å². The van der Waals surface area contributed by atoms with E-state index in [4.69, 9.17) is 11.6 Å². The van der Waals surface area contributed by atoms with Gasteiger partial charge < -0.3 is 10.6 Å². The van der Waals surface area contributed by atoms with Crippen molar-refractivity contribution in [2.45, 2.75) is 13.0 Å². The van der Waals surface area contributed by atoms with E-state index in [2.05, 4.69) is 20.6 Å². The predicted molar refractivity (Wildman–Crippen MR) is 58.0 cm³/mol. The zero-order valence-electron chi connectivity index (χ0n) is 8.82. The maximum Gasteiger partial charge on any atom is 0.272 e. The molecule has 0 fully saturated rings. The highest BCUT2D eigenvalue weighted by atomic mass is 35.5. The molecule has 0 aliphatic rings. The minimum absolute atomic E-state index is 0.0725. The van der Waals surface area contributed by atoms with Crippen molar-refractivity contribution in [1.29, 1.82) is 0 Å². The van der Waals surface area contributed by atoms with Gasteiger partial charge in [0.05, 0.1) is 12.4 Å². The summed E-state index contributed by atoms with van der Waals surface area (Å²) in [6.45, 7) is 1.56. The van der Waals surface area contributed by atoms with Crippen LogP contribution in [-0.2, 0) is 4.79 Å². The quantitative estimate of drug-likeness (QED) is 0.781. The van der Waals surface area contributed by atoms with E-state index in [9.17, 15) is 9.59 Å². The number of nitrogens with one attached hydrogen (secondary N) is 2. The van der Waals surface area contributed by atoms with Crippen molar-refractivity contribution in [2.75, 3.05) is 7.05 Å². The van der Waals surface area contributed by atoms with Gasteiger partial charge in [0.2, 0.25) is 5.91 Å². The molecule has 2 N–H and O–H groups in total. The molecule has 0 aromatic carbocycles. The second kappa shape index (κ2) is 5.41. The first kappa shape index (κ1) is 12.4. The van der Waals surface area contributed by atoms with Crippen LogP contribution in [0.5, 0.6) is 0 Å². The molecule has 1 atom stereocenters. The fraction of sp³-hybridized carbons (Fsp3) is 0.333. The molecule has 6 nitrogen and oxygen atoms in total. The lowest BCUT2D eigenvalue weighted by Crippen LogP contribution is -2.43. The number of rotatable bonds is 3. The highest BCUT2D eigenvalue weighted by Crippen LogP contribution is 2.02. The van der Waals surface area contributed by atoms with Gasteiger partial charge in [-0.1, -0.05) is 11.6 Å². The average molecular weight is 243 g/mol. The SMILES string of the molecule is CNC(=O)C(C)NC(=O)c1cncc(Cl)n1. The number of carbonyl (C=O) groups is 2. The third-order valence-electron chi connectivity index (χ3n) is 1.83.